The number of ether oxygens (including phenoxy) is 2. The third-order valence-corrected chi connectivity index (χ3v) is 4.89. The molecule has 0 spiro atoms. The average Bonchev–Trinajstić information content (AvgIpc) is 2.52. The van der Waals surface area contributed by atoms with Crippen LogP contribution in [0.4, 0.5) is 4.79 Å². The molecule has 1 aliphatic carbocycles. The highest BCUT2D eigenvalue weighted by atomic mass is 16.6. The van der Waals surface area contributed by atoms with Crippen LogP contribution in [-0.2, 0) is 9.47 Å². The third kappa shape index (κ3) is 6.30. The number of hydrogen-bond donors (Lipinski definition) is 1. The maximum Gasteiger partial charge on any atom is 0.410 e. The molecule has 1 saturated heterocycles. The number of rotatable bonds is 4. The molecule has 0 aromatic carbocycles. The number of carbonyl (C=O) groups is 1. The molecule has 0 aromatic rings. The number of amides is 1. The minimum absolute atomic E-state index is 0.195. The molecule has 0 radical (unpaired) electrons. The van der Waals surface area contributed by atoms with Crippen molar-refractivity contribution in [2.24, 2.45) is 11.8 Å². The Balaban J connectivity index is 1.62. The topological polar surface area (TPSA) is 59.0 Å². The molecule has 2 aliphatic rings. The molecule has 0 atom stereocenters. The second-order valence-corrected chi connectivity index (χ2v) is 8.07. The molecule has 1 amide bonds. The molecule has 1 N–H and O–H groups in total. The zero-order valence-corrected chi connectivity index (χ0v) is 14.9. The molecule has 5 nitrogen and oxygen atoms in total. The lowest BCUT2D eigenvalue weighted by Crippen LogP contribution is -2.42. The van der Waals surface area contributed by atoms with Crippen molar-refractivity contribution in [2.75, 3.05) is 26.3 Å². The molecule has 1 aliphatic heterocycles. The zero-order valence-electron chi connectivity index (χ0n) is 14.9. The smallest absolute Gasteiger partial charge is 0.410 e. The number of likely N-dealkylation sites (tertiary alicyclic amines) is 1. The summed E-state index contributed by atoms with van der Waals surface area (Å²) >= 11 is 0. The monoisotopic (exact) mass is 327 g/mol. The molecule has 23 heavy (non-hydrogen) atoms. The summed E-state index contributed by atoms with van der Waals surface area (Å²) in [5, 5.41) is 9.17. The van der Waals surface area contributed by atoms with Crippen LogP contribution in [0, 0.1) is 11.8 Å². The standard InChI is InChI=1S/C18H33NO4/c1-18(2,3)23-17(21)19-10-8-15(9-11-19)13-22-16-6-4-14(12-20)5-7-16/h14-16,20H,4-13H2,1-3H3. The fourth-order valence-corrected chi connectivity index (χ4v) is 3.36. The van der Waals surface area contributed by atoms with Crippen LogP contribution in [0.1, 0.15) is 59.3 Å². The second-order valence-electron chi connectivity index (χ2n) is 8.07. The van der Waals surface area contributed by atoms with E-state index in [0.717, 1.165) is 58.2 Å². The summed E-state index contributed by atoms with van der Waals surface area (Å²) in [6, 6.07) is 0. The van der Waals surface area contributed by atoms with Gasteiger partial charge in [0.1, 0.15) is 5.60 Å². The van der Waals surface area contributed by atoms with Crippen molar-refractivity contribution in [3.63, 3.8) is 0 Å². The van der Waals surface area contributed by atoms with E-state index in [4.69, 9.17) is 14.6 Å². The number of hydrogen-bond acceptors (Lipinski definition) is 4. The van der Waals surface area contributed by atoms with Crippen molar-refractivity contribution in [1.82, 2.24) is 4.90 Å². The van der Waals surface area contributed by atoms with Gasteiger partial charge in [-0.1, -0.05) is 0 Å². The summed E-state index contributed by atoms with van der Waals surface area (Å²) in [7, 11) is 0. The summed E-state index contributed by atoms with van der Waals surface area (Å²) in [5.74, 6) is 1.02. The van der Waals surface area contributed by atoms with Crippen LogP contribution in [-0.4, -0.2) is 54.1 Å². The predicted molar refractivity (Wildman–Crippen MR) is 89.3 cm³/mol. The lowest BCUT2D eigenvalue weighted by molar-refractivity contribution is -0.0209. The predicted octanol–water partition coefficient (Wildman–Crippen LogP) is 3.20. The van der Waals surface area contributed by atoms with E-state index in [0.29, 0.717) is 24.5 Å². The van der Waals surface area contributed by atoms with Gasteiger partial charge in [-0.25, -0.2) is 4.79 Å². The molecular weight excluding hydrogens is 294 g/mol. The van der Waals surface area contributed by atoms with Crippen molar-refractivity contribution in [3.8, 4) is 0 Å². The molecule has 2 rings (SSSR count). The van der Waals surface area contributed by atoms with Crippen molar-refractivity contribution in [3.05, 3.63) is 0 Å². The third-order valence-electron chi connectivity index (χ3n) is 4.89. The van der Waals surface area contributed by atoms with Crippen molar-refractivity contribution < 1.29 is 19.4 Å². The molecule has 0 unspecified atom stereocenters. The van der Waals surface area contributed by atoms with E-state index in [1.54, 1.807) is 0 Å². The van der Waals surface area contributed by atoms with Gasteiger partial charge in [-0.15, -0.1) is 0 Å². The summed E-state index contributed by atoms with van der Waals surface area (Å²) in [6.07, 6.45) is 6.46. The Kier molecular flexibility index (Phi) is 6.72. The van der Waals surface area contributed by atoms with Gasteiger partial charge in [0.05, 0.1) is 6.10 Å². The van der Waals surface area contributed by atoms with Crippen molar-refractivity contribution >= 4 is 6.09 Å². The van der Waals surface area contributed by atoms with Gasteiger partial charge >= 0.3 is 6.09 Å². The molecule has 1 heterocycles. The van der Waals surface area contributed by atoms with Gasteiger partial charge in [0, 0.05) is 26.3 Å². The van der Waals surface area contributed by atoms with Crippen molar-refractivity contribution in [1.29, 1.82) is 0 Å². The normalized spacial score (nSPS) is 27.0. The Morgan fingerprint density at radius 1 is 1.04 bits per heavy atom. The van der Waals surface area contributed by atoms with Gasteiger partial charge in [0.2, 0.25) is 0 Å². The van der Waals surface area contributed by atoms with E-state index in [2.05, 4.69) is 0 Å². The number of aliphatic hydroxyl groups is 1. The highest BCUT2D eigenvalue weighted by molar-refractivity contribution is 5.68. The van der Waals surface area contributed by atoms with E-state index < -0.39 is 5.60 Å². The van der Waals surface area contributed by atoms with E-state index in [1.807, 2.05) is 25.7 Å². The van der Waals surface area contributed by atoms with Crippen LogP contribution < -0.4 is 0 Å². The van der Waals surface area contributed by atoms with E-state index >= 15 is 0 Å². The molecule has 134 valence electrons. The summed E-state index contributed by atoms with van der Waals surface area (Å²) in [6.45, 7) is 8.35. The van der Waals surface area contributed by atoms with Gasteiger partial charge in [-0.2, -0.15) is 0 Å². The molecular formula is C18H33NO4. The molecule has 2 fully saturated rings. The van der Waals surface area contributed by atoms with Crippen LogP contribution in [0.15, 0.2) is 0 Å². The number of nitrogens with zero attached hydrogens (tertiary/aromatic N) is 1. The highest BCUT2D eigenvalue weighted by Gasteiger charge is 2.28. The first-order valence-electron chi connectivity index (χ1n) is 9.08. The molecule has 1 saturated carbocycles. The van der Waals surface area contributed by atoms with Gasteiger partial charge in [0.15, 0.2) is 0 Å². The number of carbonyl (C=O) groups excluding carboxylic acids is 1. The quantitative estimate of drug-likeness (QED) is 0.861. The fourth-order valence-electron chi connectivity index (χ4n) is 3.36. The Labute approximate surface area is 140 Å². The van der Waals surface area contributed by atoms with Gasteiger partial charge in [-0.05, 0) is 71.1 Å². The fraction of sp³-hybridized carbons (Fsp3) is 0.944. The summed E-state index contributed by atoms with van der Waals surface area (Å²) in [5.41, 5.74) is -0.426. The summed E-state index contributed by atoms with van der Waals surface area (Å²) < 4.78 is 11.5. The van der Waals surface area contributed by atoms with E-state index in [9.17, 15) is 4.79 Å². The Morgan fingerprint density at radius 2 is 1.65 bits per heavy atom. The van der Waals surface area contributed by atoms with Gasteiger partial charge in [0.25, 0.3) is 0 Å². The number of piperidine rings is 1. The minimum atomic E-state index is -0.426. The Bertz CT molecular complexity index is 364. The first-order valence-corrected chi connectivity index (χ1v) is 9.08. The van der Waals surface area contributed by atoms with E-state index in [-0.39, 0.29) is 6.09 Å². The number of aliphatic hydroxyl groups excluding tert-OH is 1. The van der Waals surface area contributed by atoms with Crippen LogP contribution >= 0.6 is 0 Å². The zero-order chi connectivity index (χ0) is 16.9. The van der Waals surface area contributed by atoms with Gasteiger partial charge in [-0.3, -0.25) is 0 Å². The van der Waals surface area contributed by atoms with Crippen LogP contribution in [0.5, 0.6) is 0 Å². The maximum atomic E-state index is 12.0. The maximum absolute atomic E-state index is 12.0. The van der Waals surface area contributed by atoms with E-state index in [1.165, 1.54) is 0 Å². The SMILES string of the molecule is CC(C)(C)OC(=O)N1CCC(COC2CCC(CO)CC2)CC1. The molecule has 0 bridgehead atoms. The minimum Gasteiger partial charge on any atom is -0.444 e. The highest BCUT2D eigenvalue weighted by Crippen LogP contribution is 2.27. The molecule has 0 aromatic heterocycles. The van der Waals surface area contributed by atoms with Crippen LogP contribution in [0.2, 0.25) is 0 Å². The van der Waals surface area contributed by atoms with Crippen molar-refractivity contribution in [2.45, 2.75) is 71.0 Å². The largest absolute Gasteiger partial charge is 0.444 e. The lowest BCUT2D eigenvalue weighted by Gasteiger charge is -2.34. The molecule has 5 heteroatoms. The Morgan fingerprint density at radius 3 is 2.17 bits per heavy atom. The average molecular weight is 327 g/mol. The Hall–Kier alpha value is -0.810. The van der Waals surface area contributed by atoms with Crippen LogP contribution in [0.3, 0.4) is 0 Å². The van der Waals surface area contributed by atoms with Gasteiger partial charge < -0.3 is 19.5 Å². The lowest BCUT2D eigenvalue weighted by atomic mass is 9.88. The first-order chi connectivity index (χ1) is 10.9. The summed E-state index contributed by atoms with van der Waals surface area (Å²) in [4.78, 5) is 13.9. The van der Waals surface area contributed by atoms with Crippen LogP contribution in [0.25, 0.3) is 0 Å². The first kappa shape index (κ1) is 18.5. The second kappa shape index (κ2) is 8.34.